The van der Waals surface area contributed by atoms with Crippen molar-refractivity contribution in [1.29, 1.82) is 0 Å². The van der Waals surface area contributed by atoms with E-state index in [9.17, 15) is 15.3 Å². The van der Waals surface area contributed by atoms with Crippen LogP contribution in [0.1, 0.15) is 35.2 Å². The molecule has 0 unspecified atom stereocenters. The van der Waals surface area contributed by atoms with Gasteiger partial charge in [0.2, 0.25) is 0 Å². The van der Waals surface area contributed by atoms with Crippen molar-refractivity contribution in [3.63, 3.8) is 0 Å². The molecule has 0 radical (unpaired) electrons. The number of aromatic amines is 1. The van der Waals surface area contributed by atoms with Crippen LogP contribution in [0.5, 0.6) is 0 Å². The number of benzene rings is 2. The third-order valence-electron chi connectivity index (χ3n) is 6.94. The molecule has 2 aliphatic heterocycles. The first-order valence-corrected chi connectivity index (χ1v) is 11.2. The molecule has 7 heteroatoms. The maximum absolute atomic E-state index is 10.8. The van der Waals surface area contributed by atoms with Crippen LogP contribution in [-0.4, -0.2) is 51.5 Å². The molecule has 1 aliphatic carbocycles. The van der Waals surface area contributed by atoms with Gasteiger partial charge in [-0.15, -0.1) is 0 Å². The summed E-state index contributed by atoms with van der Waals surface area (Å²) in [4.78, 5) is 5.75. The molecule has 30 heavy (non-hydrogen) atoms. The Balaban J connectivity index is 1.53. The van der Waals surface area contributed by atoms with Gasteiger partial charge in [0.15, 0.2) is 6.23 Å². The fraction of sp³-hybridized carbons (Fsp3) is 0.391. The fourth-order valence-corrected chi connectivity index (χ4v) is 5.98. The summed E-state index contributed by atoms with van der Waals surface area (Å²) in [5.41, 5.74) is 5.80. The number of aromatic nitrogens is 1. The highest BCUT2D eigenvalue weighted by Gasteiger charge is 2.51. The molecular weight excluding hydrogens is 448 g/mol. The van der Waals surface area contributed by atoms with E-state index >= 15 is 0 Å². The normalized spacial score (nSPS) is 32.7. The van der Waals surface area contributed by atoms with E-state index in [0.29, 0.717) is 0 Å². The van der Waals surface area contributed by atoms with Crippen molar-refractivity contribution >= 4 is 32.5 Å². The lowest BCUT2D eigenvalue weighted by atomic mass is 9.80. The monoisotopic (exact) mass is 470 g/mol. The maximum atomic E-state index is 10.8. The van der Waals surface area contributed by atoms with Crippen LogP contribution in [0.25, 0.3) is 10.9 Å². The minimum atomic E-state index is -1.24. The molecule has 1 fully saturated rings. The molecule has 3 aliphatic rings. The Morgan fingerprint density at radius 3 is 2.77 bits per heavy atom. The molecule has 0 saturated carbocycles. The highest BCUT2D eigenvalue weighted by Crippen LogP contribution is 2.56. The van der Waals surface area contributed by atoms with E-state index in [0.717, 1.165) is 34.2 Å². The van der Waals surface area contributed by atoms with Crippen molar-refractivity contribution in [3.8, 4) is 0 Å². The highest BCUT2D eigenvalue weighted by molar-refractivity contribution is 9.10. The lowest BCUT2D eigenvalue weighted by Gasteiger charge is -2.44. The number of aliphatic hydroxyl groups is 3. The number of H-pyrrole nitrogens is 1. The zero-order valence-corrected chi connectivity index (χ0v) is 17.8. The second-order valence-corrected chi connectivity index (χ2v) is 9.45. The van der Waals surface area contributed by atoms with Gasteiger partial charge in [-0.05, 0) is 48.2 Å². The van der Waals surface area contributed by atoms with Crippen LogP contribution in [0.2, 0.25) is 0 Å². The molecule has 6 nitrogen and oxygen atoms in total. The standard InChI is InChI=1S/C23H23BrN2O4/c24-11-5-8-17-15(9-11)14-7-6-13-12-3-1-2-4-16(12)25-19(13)20(14)26(17)23-22(29)21(28)18(27)10-30-23/h1-5,8-9,14,18,20-23,25,27-29H,6-7,10H2/t14-,18-,20+,21+,22-,23-/m1/s1. The summed E-state index contributed by atoms with van der Waals surface area (Å²) in [5, 5.41) is 32.4. The van der Waals surface area contributed by atoms with Gasteiger partial charge in [0.25, 0.3) is 0 Å². The average molecular weight is 471 g/mol. The van der Waals surface area contributed by atoms with Gasteiger partial charge >= 0.3 is 0 Å². The van der Waals surface area contributed by atoms with Crippen molar-refractivity contribution in [3.05, 3.63) is 63.8 Å². The number of halogens is 1. The summed E-state index contributed by atoms with van der Waals surface area (Å²) in [6.07, 6.45) is -2.31. The Kier molecular flexibility index (Phi) is 4.27. The minimum absolute atomic E-state index is 0.0117. The Bertz CT molecular complexity index is 1130. The van der Waals surface area contributed by atoms with Crippen molar-refractivity contribution in [1.82, 2.24) is 4.98 Å². The number of aryl methyl sites for hydroxylation is 1. The van der Waals surface area contributed by atoms with Gasteiger partial charge in [0.1, 0.15) is 18.3 Å². The molecule has 3 heterocycles. The third kappa shape index (κ3) is 2.56. The molecule has 2 aromatic carbocycles. The number of aliphatic hydroxyl groups excluding tert-OH is 3. The number of nitrogens with one attached hydrogen (secondary N) is 1. The van der Waals surface area contributed by atoms with Crippen LogP contribution in [0, 0.1) is 0 Å². The molecular formula is C23H23BrN2O4. The van der Waals surface area contributed by atoms with Crippen molar-refractivity contribution in [2.24, 2.45) is 0 Å². The summed E-state index contributed by atoms with van der Waals surface area (Å²) in [6, 6.07) is 14.5. The predicted molar refractivity (Wildman–Crippen MR) is 116 cm³/mol. The largest absolute Gasteiger partial charge is 0.388 e. The summed E-state index contributed by atoms with van der Waals surface area (Å²) < 4.78 is 6.94. The van der Waals surface area contributed by atoms with Crippen LogP contribution >= 0.6 is 15.9 Å². The Labute approximate surface area is 182 Å². The van der Waals surface area contributed by atoms with Gasteiger partial charge in [0, 0.05) is 32.7 Å². The van der Waals surface area contributed by atoms with Crippen LogP contribution in [0.4, 0.5) is 5.69 Å². The zero-order valence-electron chi connectivity index (χ0n) is 16.2. The summed E-state index contributed by atoms with van der Waals surface area (Å²) in [6.45, 7) is -0.0117. The first kappa shape index (κ1) is 18.8. The molecule has 3 aromatic rings. The number of rotatable bonds is 1. The Morgan fingerprint density at radius 2 is 1.90 bits per heavy atom. The lowest BCUT2D eigenvalue weighted by molar-refractivity contribution is -0.188. The number of hydrogen-bond acceptors (Lipinski definition) is 5. The molecule has 6 rings (SSSR count). The second-order valence-electron chi connectivity index (χ2n) is 8.54. The topological polar surface area (TPSA) is 89.0 Å². The Hall–Kier alpha value is -1.90. The van der Waals surface area contributed by atoms with Crippen LogP contribution in [-0.2, 0) is 11.2 Å². The van der Waals surface area contributed by atoms with Crippen LogP contribution in [0.3, 0.4) is 0 Å². The van der Waals surface area contributed by atoms with E-state index in [1.807, 2.05) is 18.2 Å². The molecule has 1 saturated heterocycles. The first-order chi connectivity index (χ1) is 14.5. The predicted octanol–water partition coefficient (Wildman–Crippen LogP) is 2.96. The van der Waals surface area contributed by atoms with Crippen molar-refractivity contribution in [2.45, 2.75) is 49.3 Å². The lowest BCUT2D eigenvalue weighted by Crippen LogP contribution is -2.59. The van der Waals surface area contributed by atoms with Gasteiger partial charge < -0.3 is 29.9 Å². The van der Waals surface area contributed by atoms with E-state index in [4.69, 9.17) is 4.74 Å². The average Bonchev–Trinajstić information content (AvgIpc) is 3.28. The highest BCUT2D eigenvalue weighted by atomic mass is 79.9. The fourth-order valence-electron chi connectivity index (χ4n) is 5.60. The quantitative estimate of drug-likeness (QED) is 0.439. The van der Waals surface area contributed by atoms with Crippen LogP contribution in [0.15, 0.2) is 46.9 Å². The number of anilines is 1. The van der Waals surface area contributed by atoms with Gasteiger partial charge in [-0.1, -0.05) is 34.1 Å². The number of hydrogen-bond donors (Lipinski definition) is 4. The number of ether oxygens (including phenoxy) is 1. The zero-order chi connectivity index (χ0) is 20.6. The molecule has 156 valence electrons. The number of para-hydroxylation sites is 1. The molecule has 0 bridgehead atoms. The molecule has 0 spiro atoms. The summed E-state index contributed by atoms with van der Waals surface area (Å²) in [7, 11) is 0. The molecule has 6 atom stereocenters. The van der Waals surface area contributed by atoms with Gasteiger partial charge in [0.05, 0.1) is 12.6 Å². The summed E-state index contributed by atoms with van der Waals surface area (Å²) in [5.74, 6) is 0.248. The van der Waals surface area contributed by atoms with E-state index in [1.54, 1.807) is 0 Å². The van der Waals surface area contributed by atoms with E-state index in [-0.39, 0.29) is 18.6 Å². The van der Waals surface area contributed by atoms with Crippen LogP contribution < -0.4 is 4.90 Å². The number of fused-ring (bicyclic) bond motifs is 7. The van der Waals surface area contributed by atoms with E-state index < -0.39 is 24.5 Å². The number of nitrogens with zero attached hydrogens (tertiary/aromatic N) is 1. The van der Waals surface area contributed by atoms with Crippen molar-refractivity contribution < 1.29 is 20.1 Å². The van der Waals surface area contributed by atoms with Gasteiger partial charge in [-0.25, -0.2) is 0 Å². The van der Waals surface area contributed by atoms with Gasteiger partial charge in [-0.2, -0.15) is 0 Å². The molecule has 1 aromatic heterocycles. The van der Waals surface area contributed by atoms with Gasteiger partial charge in [-0.3, -0.25) is 0 Å². The SMILES string of the molecule is O[C@@H]1[C@@H](O)[C@H](N2c3ccc(Br)cc3[C@H]3CCc4c([nH]c5ccccc45)[C@H]32)OC[C@H]1O. The van der Waals surface area contributed by atoms with E-state index in [1.165, 1.54) is 16.5 Å². The Morgan fingerprint density at radius 1 is 1.07 bits per heavy atom. The molecule has 0 amide bonds. The molecule has 4 N–H and O–H groups in total. The third-order valence-corrected chi connectivity index (χ3v) is 7.44. The first-order valence-electron chi connectivity index (χ1n) is 10.4. The van der Waals surface area contributed by atoms with E-state index in [2.05, 4.69) is 50.1 Å². The van der Waals surface area contributed by atoms with Crippen molar-refractivity contribution in [2.75, 3.05) is 11.5 Å². The second kappa shape index (κ2) is 6.80. The smallest absolute Gasteiger partial charge is 0.159 e. The maximum Gasteiger partial charge on any atom is 0.159 e. The minimum Gasteiger partial charge on any atom is -0.388 e. The summed E-state index contributed by atoms with van der Waals surface area (Å²) >= 11 is 3.61.